The molecular formula is C23H22N2O5S2. The fraction of sp³-hybridized carbons (Fsp3) is 0.174. The third kappa shape index (κ3) is 5.74. The second-order valence-electron chi connectivity index (χ2n) is 6.56. The van der Waals surface area contributed by atoms with E-state index in [-0.39, 0.29) is 11.4 Å². The molecule has 0 saturated carbocycles. The molecule has 3 amide bonds. The predicted molar refractivity (Wildman–Crippen MR) is 128 cm³/mol. The number of imide groups is 1. The number of nitrogens with zero attached hydrogens (tertiary/aromatic N) is 1. The van der Waals surface area contributed by atoms with E-state index in [4.69, 9.17) is 9.47 Å². The summed E-state index contributed by atoms with van der Waals surface area (Å²) in [5.41, 5.74) is 1.27. The van der Waals surface area contributed by atoms with Gasteiger partial charge in [-0.25, -0.2) is 0 Å². The quantitative estimate of drug-likeness (QED) is 0.324. The number of thioether (sulfide) groups is 2. The van der Waals surface area contributed by atoms with E-state index in [1.54, 1.807) is 48.2 Å². The van der Waals surface area contributed by atoms with Crippen molar-refractivity contribution >= 4 is 52.3 Å². The molecule has 1 heterocycles. The Kier molecular flexibility index (Phi) is 8.02. The van der Waals surface area contributed by atoms with Crippen LogP contribution in [0.5, 0.6) is 11.5 Å². The molecule has 1 aliphatic rings. The lowest BCUT2D eigenvalue weighted by Crippen LogP contribution is -2.36. The molecule has 0 unspecified atom stereocenters. The number of amides is 3. The Labute approximate surface area is 194 Å². The van der Waals surface area contributed by atoms with Crippen molar-refractivity contribution in [2.24, 2.45) is 0 Å². The van der Waals surface area contributed by atoms with Gasteiger partial charge >= 0.3 is 0 Å². The minimum Gasteiger partial charge on any atom is -0.493 e. The van der Waals surface area contributed by atoms with Crippen LogP contribution in [0, 0.1) is 0 Å². The molecule has 9 heteroatoms. The molecule has 2 aromatic carbocycles. The van der Waals surface area contributed by atoms with E-state index < -0.39 is 17.1 Å². The van der Waals surface area contributed by atoms with E-state index >= 15 is 0 Å². The van der Waals surface area contributed by atoms with Crippen molar-refractivity contribution in [3.63, 3.8) is 0 Å². The molecule has 0 radical (unpaired) electrons. The van der Waals surface area contributed by atoms with Gasteiger partial charge in [0.1, 0.15) is 13.2 Å². The predicted octanol–water partition coefficient (Wildman–Crippen LogP) is 4.66. The van der Waals surface area contributed by atoms with Gasteiger partial charge in [-0.15, -0.1) is 11.8 Å². The molecular weight excluding hydrogens is 448 g/mol. The Morgan fingerprint density at radius 1 is 1.22 bits per heavy atom. The Morgan fingerprint density at radius 3 is 2.75 bits per heavy atom. The first-order chi connectivity index (χ1) is 15.4. The maximum atomic E-state index is 12.7. The van der Waals surface area contributed by atoms with Gasteiger partial charge in [0.15, 0.2) is 11.5 Å². The van der Waals surface area contributed by atoms with Gasteiger partial charge in [0.05, 0.1) is 12.0 Å². The number of ether oxygens (including phenoxy) is 2. The summed E-state index contributed by atoms with van der Waals surface area (Å²) in [5, 5.41) is 2.23. The van der Waals surface area contributed by atoms with Gasteiger partial charge in [0.2, 0.25) is 5.91 Å². The first-order valence-electron chi connectivity index (χ1n) is 9.56. The van der Waals surface area contributed by atoms with Crippen LogP contribution < -0.4 is 14.8 Å². The van der Waals surface area contributed by atoms with Gasteiger partial charge in [0.25, 0.3) is 11.1 Å². The van der Waals surface area contributed by atoms with Crippen LogP contribution in [0.15, 0.2) is 64.9 Å². The van der Waals surface area contributed by atoms with Crippen LogP contribution in [-0.4, -0.2) is 48.5 Å². The van der Waals surface area contributed by atoms with Gasteiger partial charge in [0, 0.05) is 10.6 Å². The maximum Gasteiger partial charge on any atom is 0.294 e. The standard InChI is InChI=1S/C23H22N2O5S2/c1-4-10-30-18-9-8-15(11-19(18)29-2)12-20-22(27)25(23(28)32-20)14-21(26)24-16-6-5-7-17(13-16)31-3/h4-9,11-13H,1,10,14H2,2-3H3,(H,24,26)/b20-12+. The first kappa shape index (κ1) is 23.5. The molecule has 1 saturated heterocycles. The zero-order chi connectivity index (χ0) is 23.1. The number of carbonyl (C=O) groups excluding carboxylic acids is 3. The van der Waals surface area contributed by atoms with Crippen molar-refractivity contribution in [2.75, 3.05) is 31.8 Å². The smallest absolute Gasteiger partial charge is 0.294 e. The molecule has 166 valence electrons. The molecule has 1 fully saturated rings. The van der Waals surface area contributed by atoms with Crippen molar-refractivity contribution < 1.29 is 23.9 Å². The lowest BCUT2D eigenvalue weighted by molar-refractivity contribution is -0.127. The molecule has 0 spiro atoms. The maximum absolute atomic E-state index is 12.7. The summed E-state index contributed by atoms with van der Waals surface area (Å²) in [6.07, 6.45) is 5.15. The zero-order valence-electron chi connectivity index (χ0n) is 17.6. The molecule has 7 nitrogen and oxygen atoms in total. The van der Waals surface area contributed by atoms with Crippen LogP contribution in [0.3, 0.4) is 0 Å². The summed E-state index contributed by atoms with van der Waals surface area (Å²) < 4.78 is 10.9. The van der Waals surface area contributed by atoms with E-state index in [0.29, 0.717) is 29.4 Å². The van der Waals surface area contributed by atoms with E-state index in [0.717, 1.165) is 21.6 Å². The number of hydrogen-bond donors (Lipinski definition) is 1. The Hall–Kier alpha value is -3.17. The second kappa shape index (κ2) is 10.9. The van der Waals surface area contributed by atoms with E-state index in [2.05, 4.69) is 11.9 Å². The molecule has 32 heavy (non-hydrogen) atoms. The largest absolute Gasteiger partial charge is 0.493 e. The van der Waals surface area contributed by atoms with Crippen molar-refractivity contribution in [3.05, 3.63) is 65.6 Å². The number of benzene rings is 2. The molecule has 0 aliphatic carbocycles. The number of rotatable bonds is 9. The van der Waals surface area contributed by atoms with Crippen LogP contribution in [-0.2, 0) is 9.59 Å². The van der Waals surface area contributed by atoms with Gasteiger partial charge in [-0.3, -0.25) is 19.3 Å². The van der Waals surface area contributed by atoms with Crippen molar-refractivity contribution in [1.29, 1.82) is 0 Å². The minimum absolute atomic E-state index is 0.231. The van der Waals surface area contributed by atoms with Crippen molar-refractivity contribution in [2.45, 2.75) is 4.90 Å². The highest BCUT2D eigenvalue weighted by Crippen LogP contribution is 2.34. The summed E-state index contributed by atoms with van der Waals surface area (Å²) in [6.45, 7) is 3.58. The average molecular weight is 471 g/mol. The highest BCUT2D eigenvalue weighted by molar-refractivity contribution is 8.18. The second-order valence-corrected chi connectivity index (χ2v) is 8.43. The summed E-state index contributed by atoms with van der Waals surface area (Å²) >= 11 is 2.34. The lowest BCUT2D eigenvalue weighted by Gasteiger charge is -2.13. The van der Waals surface area contributed by atoms with Crippen molar-refractivity contribution in [1.82, 2.24) is 4.90 Å². The van der Waals surface area contributed by atoms with Crippen molar-refractivity contribution in [3.8, 4) is 11.5 Å². The van der Waals surface area contributed by atoms with Crippen LogP contribution >= 0.6 is 23.5 Å². The molecule has 1 N–H and O–H groups in total. The third-order valence-electron chi connectivity index (χ3n) is 4.37. The van der Waals surface area contributed by atoms with Crippen LogP contribution in [0.25, 0.3) is 6.08 Å². The average Bonchev–Trinajstić information content (AvgIpc) is 3.05. The van der Waals surface area contributed by atoms with Crippen LogP contribution in [0.1, 0.15) is 5.56 Å². The van der Waals surface area contributed by atoms with Gasteiger partial charge in [-0.2, -0.15) is 0 Å². The van der Waals surface area contributed by atoms with E-state index in [1.807, 2.05) is 24.5 Å². The summed E-state index contributed by atoms with van der Waals surface area (Å²) in [4.78, 5) is 39.7. The summed E-state index contributed by atoms with van der Waals surface area (Å²) in [7, 11) is 1.52. The number of hydrogen-bond acceptors (Lipinski definition) is 7. The van der Waals surface area contributed by atoms with Crippen LogP contribution in [0.2, 0.25) is 0 Å². The molecule has 0 atom stereocenters. The molecule has 0 aromatic heterocycles. The number of carbonyl (C=O) groups is 3. The number of anilines is 1. The molecule has 3 rings (SSSR count). The lowest BCUT2D eigenvalue weighted by atomic mass is 10.2. The summed E-state index contributed by atoms with van der Waals surface area (Å²) in [6, 6.07) is 12.5. The first-order valence-corrected chi connectivity index (χ1v) is 11.6. The molecule has 1 aliphatic heterocycles. The SMILES string of the molecule is C=CCOc1ccc(/C=C2/SC(=O)N(CC(=O)Nc3cccc(SC)c3)C2=O)cc1OC. The Bertz CT molecular complexity index is 1080. The van der Waals surface area contributed by atoms with E-state index in [1.165, 1.54) is 7.11 Å². The molecule has 2 aromatic rings. The van der Waals surface area contributed by atoms with Gasteiger partial charge in [-0.05, 0) is 60.0 Å². The highest BCUT2D eigenvalue weighted by atomic mass is 32.2. The Balaban J connectivity index is 1.70. The van der Waals surface area contributed by atoms with E-state index in [9.17, 15) is 14.4 Å². The van der Waals surface area contributed by atoms with Crippen LogP contribution in [0.4, 0.5) is 10.5 Å². The summed E-state index contributed by atoms with van der Waals surface area (Å²) in [5.74, 6) is 0.0719. The minimum atomic E-state index is -0.515. The fourth-order valence-corrected chi connectivity index (χ4v) is 4.17. The Morgan fingerprint density at radius 2 is 2.03 bits per heavy atom. The monoisotopic (exact) mass is 470 g/mol. The highest BCUT2D eigenvalue weighted by Gasteiger charge is 2.36. The normalized spacial score (nSPS) is 14.6. The topological polar surface area (TPSA) is 84.9 Å². The molecule has 0 bridgehead atoms. The zero-order valence-corrected chi connectivity index (χ0v) is 19.3. The van der Waals surface area contributed by atoms with Gasteiger partial charge in [-0.1, -0.05) is 24.8 Å². The fourth-order valence-electron chi connectivity index (χ4n) is 2.87. The number of methoxy groups -OCH3 is 1. The third-order valence-corrected chi connectivity index (χ3v) is 6.00. The van der Waals surface area contributed by atoms with Gasteiger partial charge < -0.3 is 14.8 Å². The number of nitrogens with one attached hydrogen (secondary N) is 1.